The maximum absolute atomic E-state index is 4.58. The van der Waals surface area contributed by atoms with Crippen LogP contribution in [0.3, 0.4) is 0 Å². The standard InChI is InChI=1S/C12H17BrN2/c1-2-9-3-4-10(7-9)12-14-6-5-11(8-13)15-12/h5-6,9-10H,2-4,7-8H2,1H3. The Morgan fingerprint density at radius 1 is 1.47 bits per heavy atom. The molecule has 0 saturated heterocycles. The summed E-state index contributed by atoms with van der Waals surface area (Å²) in [5.74, 6) is 2.56. The maximum atomic E-state index is 4.58. The first kappa shape index (κ1) is 11.1. The van der Waals surface area contributed by atoms with Gasteiger partial charge in [-0.05, 0) is 31.2 Å². The zero-order chi connectivity index (χ0) is 10.7. The van der Waals surface area contributed by atoms with Gasteiger partial charge >= 0.3 is 0 Å². The van der Waals surface area contributed by atoms with E-state index >= 15 is 0 Å². The fourth-order valence-electron chi connectivity index (χ4n) is 2.36. The monoisotopic (exact) mass is 268 g/mol. The van der Waals surface area contributed by atoms with E-state index in [4.69, 9.17) is 0 Å². The number of nitrogens with zero attached hydrogens (tertiary/aromatic N) is 2. The van der Waals surface area contributed by atoms with Crippen LogP contribution in [-0.4, -0.2) is 9.97 Å². The van der Waals surface area contributed by atoms with Crippen molar-refractivity contribution in [2.45, 2.75) is 43.9 Å². The molecule has 1 heterocycles. The summed E-state index contributed by atoms with van der Waals surface area (Å²) >= 11 is 3.44. The molecule has 1 aromatic rings. The van der Waals surface area contributed by atoms with Crippen LogP contribution in [0.1, 0.15) is 50.0 Å². The predicted molar refractivity (Wildman–Crippen MR) is 65.0 cm³/mol. The van der Waals surface area contributed by atoms with Crippen LogP contribution >= 0.6 is 15.9 Å². The Hall–Kier alpha value is -0.440. The van der Waals surface area contributed by atoms with Gasteiger partial charge in [0.25, 0.3) is 0 Å². The Kier molecular flexibility index (Phi) is 3.73. The van der Waals surface area contributed by atoms with Crippen LogP contribution < -0.4 is 0 Å². The number of aromatic nitrogens is 2. The average Bonchev–Trinajstić information content (AvgIpc) is 2.78. The van der Waals surface area contributed by atoms with Gasteiger partial charge in [-0.1, -0.05) is 29.3 Å². The van der Waals surface area contributed by atoms with Gasteiger partial charge in [-0.25, -0.2) is 9.97 Å². The maximum Gasteiger partial charge on any atom is 0.131 e. The first-order valence-electron chi connectivity index (χ1n) is 5.71. The minimum Gasteiger partial charge on any atom is -0.241 e. The highest BCUT2D eigenvalue weighted by atomic mass is 79.9. The summed E-state index contributed by atoms with van der Waals surface area (Å²) in [6, 6.07) is 1.98. The molecule has 15 heavy (non-hydrogen) atoms. The first-order chi connectivity index (χ1) is 7.33. The average molecular weight is 269 g/mol. The van der Waals surface area contributed by atoms with Gasteiger partial charge in [-0.3, -0.25) is 0 Å². The molecule has 1 saturated carbocycles. The fourth-order valence-corrected chi connectivity index (χ4v) is 2.68. The highest BCUT2D eigenvalue weighted by Gasteiger charge is 2.26. The van der Waals surface area contributed by atoms with Crippen molar-refractivity contribution in [3.8, 4) is 0 Å². The van der Waals surface area contributed by atoms with Crippen molar-refractivity contribution in [1.82, 2.24) is 9.97 Å². The lowest BCUT2D eigenvalue weighted by atomic mass is 10.0. The minimum absolute atomic E-state index is 0.606. The Bertz CT molecular complexity index is 327. The molecule has 82 valence electrons. The molecule has 0 aromatic carbocycles. The third-order valence-corrected chi connectivity index (χ3v) is 3.93. The Labute approximate surface area is 99.7 Å². The number of hydrogen-bond donors (Lipinski definition) is 0. The van der Waals surface area contributed by atoms with Crippen LogP contribution in [0.2, 0.25) is 0 Å². The molecule has 2 rings (SSSR count). The molecule has 1 aliphatic carbocycles. The van der Waals surface area contributed by atoms with E-state index in [1.165, 1.54) is 25.7 Å². The smallest absolute Gasteiger partial charge is 0.131 e. The summed E-state index contributed by atoms with van der Waals surface area (Å²) < 4.78 is 0. The van der Waals surface area contributed by atoms with E-state index in [9.17, 15) is 0 Å². The van der Waals surface area contributed by atoms with Crippen molar-refractivity contribution in [3.63, 3.8) is 0 Å². The lowest BCUT2D eigenvalue weighted by Gasteiger charge is -2.09. The zero-order valence-corrected chi connectivity index (χ0v) is 10.7. The number of hydrogen-bond acceptors (Lipinski definition) is 2. The highest BCUT2D eigenvalue weighted by molar-refractivity contribution is 9.08. The first-order valence-corrected chi connectivity index (χ1v) is 6.83. The van der Waals surface area contributed by atoms with Gasteiger partial charge in [0.2, 0.25) is 0 Å². The lowest BCUT2D eigenvalue weighted by Crippen LogP contribution is -2.02. The summed E-state index contributed by atoms with van der Waals surface area (Å²) in [5, 5.41) is 0.826. The molecule has 1 fully saturated rings. The number of halogens is 1. The normalized spacial score (nSPS) is 25.7. The summed E-state index contributed by atoms with van der Waals surface area (Å²) in [5.41, 5.74) is 1.10. The summed E-state index contributed by atoms with van der Waals surface area (Å²) in [4.78, 5) is 8.99. The van der Waals surface area contributed by atoms with Crippen LogP contribution in [0.5, 0.6) is 0 Å². The van der Waals surface area contributed by atoms with Gasteiger partial charge in [0.05, 0.1) is 5.69 Å². The Balaban J connectivity index is 2.09. The lowest BCUT2D eigenvalue weighted by molar-refractivity contribution is 0.516. The van der Waals surface area contributed by atoms with Crippen molar-refractivity contribution < 1.29 is 0 Å². The molecule has 0 aliphatic heterocycles. The molecule has 2 nitrogen and oxygen atoms in total. The van der Waals surface area contributed by atoms with Crippen molar-refractivity contribution in [1.29, 1.82) is 0 Å². The van der Waals surface area contributed by atoms with Gasteiger partial charge < -0.3 is 0 Å². The molecule has 2 unspecified atom stereocenters. The van der Waals surface area contributed by atoms with E-state index in [0.29, 0.717) is 5.92 Å². The summed E-state index contributed by atoms with van der Waals surface area (Å²) in [6.45, 7) is 2.28. The molecular weight excluding hydrogens is 252 g/mol. The van der Waals surface area contributed by atoms with Crippen molar-refractivity contribution in [2.75, 3.05) is 0 Å². The second-order valence-corrected chi connectivity index (χ2v) is 4.88. The van der Waals surface area contributed by atoms with E-state index in [1.54, 1.807) is 0 Å². The molecule has 0 bridgehead atoms. The second-order valence-electron chi connectivity index (χ2n) is 4.32. The number of rotatable bonds is 3. The largest absolute Gasteiger partial charge is 0.241 e. The summed E-state index contributed by atoms with van der Waals surface area (Å²) in [6.07, 6.45) is 7.09. The van der Waals surface area contributed by atoms with E-state index in [0.717, 1.165) is 22.8 Å². The summed E-state index contributed by atoms with van der Waals surface area (Å²) in [7, 11) is 0. The van der Waals surface area contributed by atoms with E-state index in [-0.39, 0.29) is 0 Å². The van der Waals surface area contributed by atoms with E-state index in [1.807, 2.05) is 12.3 Å². The van der Waals surface area contributed by atoms with Gasteiger partial charge in [-0.2, -0.15) is 0 Å². The van der Waals surface area contributed by atoms with Crippen molar-refractivity contribution in [3.05, 3.63) is 23.8 Å². The number of alkyl halides is 1. The third-order valence-electron chi connectivity index (χ3n) is 3.35. The topological polar surface area (TPSA) is 25.8 Å². The second kappa shape index (κ2) is 5.06. The van der Waals surface area contributed by atoms with Crippen LogP contribution in [0, 0.1) is 5.92 Å². The molecule has 0 radical (unpaired) electrons. The third kappa shape index (κ3) is 2.57. The Morgan fingerprint density at radius 3 is 3.00 bits per heavy atom. The van der Waals surface area contributed by atoms with Crippen molar-refractivity contribution >= 4 is 15.9 Å². The predicted octanol–water partition coefficient (Wildman–Crippen LogP) is 3.67. The van der Waals surface area contributed by atoms with Crippen LogP contribution in [0.4, 0.5) is 0 Å². The molecule has 0 N–H and O–H groups in total. The molecule has 1 aromatic heterocycles. The fraction of sp³-hybridized carbons (Fsp3) is 0.667. The van der Waals surface area contributed by atoms with Crippen LogP contribution in [0.15, 0.2) is 12.3 Å². The van der Waals surface area contributed by atoms with Gasteiger partial charge in [0.15, 0.2) is 0 Å². The minimum atomic E-state index is 0.606. The molecule has 0 amide bonds. The van der Waals surface area contributed by atoms with Gasteiger partial charge in [0.1, 0.15) is 5.82 Å². The molecule has 2 atom stereocenters. The SMILES string of the molecule is CCC1CCC(c2nccc(CBr)n2)C1. The molecule has 3 heteroatoms. The van der Waals surface area contributed by atoms with Gasteiger partial charge in [0, 0.05) is 17.4 Å². The van der Waals surface area contributed by atoms with Crippen LogP contribution in [0.25, 0.3) is 0 Å². The van der Waals surface area contributed by atoms with E-state index < -0.39 is 0 Å². The zero-order valence-electron chi connectivity index (χ0n) is 9.12. The molecular formula is C12H17BrN2. The molecule has 1 aliphatic rings. The van der Waals surface area contributed by atoms with Crippen LogP contribution in [-0.2, 0) is 5.33 Å². The van der Waals surface area contributed by atoms with E-state index in [2.05, 4.69) is 32.8 Å². The van der Waals surface area contributed by atoms with Crippen molar-refractivity contribution in [2.24, 2.45) is 5.92 Å². The quantitative estimate of drug-likeness (QED) is 0.782. The van der Waals surface area contributed by atoms with Gasteiger partial charge in [-0.15, -0.1) is 0 Å². The molecule has 0 spiro atoms. The Morgan fingerprint density at radius 2 is 2.33 bits per heavy atom. The highest BCUT2D eigenvalue weighted by Crippen LogP contribution is 2.38.